The van der Waals surface area contributed by atoms with Gasteiger partial charge in [-0.3, -0.25) is 10.1 Å². The first-order valence-corrected chi connectivity index (χ1v) is 13.8. The third-order valence-corrected chi connectivity index (χ3v) is 8.54. The summed E-state index contributed by atoms with van der Waals surface area (Å²) in [6, 6.07) is 32.8. The van der Waals surface area contributed by atoms with E-state index in [1.54, 1.807) is 6.92 Å². The first-order chi connectivity index (χ1) is 19.2. The van der Waals surface area contributed by atoms with E-state index in [4.69, 9.17) is 4.74 Å². The summed E-state index contributed by atoms with van der Waals surface area (Å²) in [5.74, 6) is -0.00646. The summed E-state index contributed by atoms with van der Waals surface area (Å²) >= 11 is 0. The molecule has 1 aliphatic carbocycles. The van der Waals surface area contributed by atoms with Crippen LogP contribution in [-0.4, -0.2) is 24.1 Å². The Kier molecular flexibility index (Phi) is 6.25. The Bertz CT molecular complexity index is 1560. The number of carbonyl (C=O) groups is 2. The molecule has 0 spiro atoms. The third-order valence-electron chi connectivity index (χ3n) is 8.54. The molecule has 40 heavy (non-hydrogen) atoms. The lowest BCUT2D eigenvalue weighted by Gasteiger charge is -2.51. The summed E-state index contributed by atoms with van der Waals surface area (Å²) in [5.41, 5.74) is 7.69. The molecule has 2 amide bonds. The monoisotopic (exact) mass is 530 g/mol. The lowest BCUT2D eigenvalue weighted by molar-refractivity contribution is -0.117. The minimum atomic E-state index is -0.497. The Morgan fingerprint density at radius 1 is 0.850 bits per heavy atom. The summed E-state index contributed by atoms with van der Waals surface area (Å²) in [7, 11) is 0. The van der Waals surface area contributed by atoms with Crippen LogP contribution in [0.1, 0.15) is 62.3 Å². The second kappa shape index (κ2) is 9.67. The van der Waals surface area contributed by atoms with Gasteiger partial charge in [-0.15, -0.1) is 0 Å². The van der Waals surface area contributed by atoms with E-state index < -0.39 is 6.09 Å². The highest BCUT2D eigenvalue weighted by Gasteiger charge is 2.47. The average molecular weight is 531 g/mol. The van der Waals surface area contributed by atoms with Crippen molar-refractivity contribution in [1.82, 2.24) is 0 Å². The van der Waals surface area contributed by atoms with Crippen LogP contribution in [0.15, 0.2) is 97.1 Å². The van der Waals surface area contributed by atoms with Crippen molar-refractivity contribution in [2.45, 2.75) is 51.0 Å². The summed E-state index contributed by atoms with van der Waals surface area (Å²) < 4.78 is 5.80. The van der Waals surface area contributed by atoms with Crippen LogP contribution < -0.4 is 10.2 Å². The highest BCUT2D eigenvalue weighted by atomic mass is 16.5. The Morgan fingerprint density at radius 3 is 2.08 bits per heavy atom. The molecule has 0 saturated heterocycles. The van der Waals surface area contributed by atoms with Crippen LogP contribution in [0.5, 0.6) is 0 Å². The van der Waals surface area contributed by atoms with Crippen LogP contribution >= 0.6 is 0 Å². The topological polar surface area (TPSA) is 58.6 Å². The predicted octanol–water partition coefficient (Wildman–Crippen LogP) is 7.89. The zero-order valence-electron chi connectivity index (χ0n) is 23.4. The van der Waals surface area contributed by atoms with E-state index in [1.165, 1.54) is 27.8 Å². The van der Waals surface area contributed by atoms with E-state index in [9.17, 15) is 9.59 Å². The maximum atomic E-state index is 13.1. The van der Waals surface area contributed by atoms with Gasteiger partial charge in [0.1, 0.15) is 6.61 Å². The van der Waals surface area contributed by atoms with Crippen LogP contribution in [0.25, 0.3) is 11.1 Å². The molecule has 0 aromatic heterocycles. The van der Waals surface area contributed by atoms with E-state index in [1.807, 2.05) is 65.6 Å². The number of nitrogens with zero attached hydrogens (tertiary/aromatic N) is 1. The van der Waals surface area contributed by atoms with E-state index >= 15 is 0 Å². The number of nitrogens with one attached hydrogen (secondary N) is 1. The number of rotatable bonds is 4. The molecular weight excluding hydrogens is 496 g/mol. The van der Waals surface area contributed by atoms with Crippen molar-refractivity contribution < 1.29 is 14.3 Å². The Balaban J connectivity index is 1.28. The van der Waals surface area contributed by atoms with Gasteiger partial charge in [-0.25, -0.2) is 4.79 Å². The SMILES string of the molecule is CC(=O)N1c2ccc(NC(=O)OCC3c4ccccc4-c4ccccc43)cc2C(C)(c2ccccc2)CC1(C)C. The van der Waals surface area contributed by atoms with Crippen molar-refractivity contribution in [2.24, 2.45) is 0 Å². The van der Waals surface area contributed by atoms with Crippen molar-refractivity contribution in [3.05, 3.63) is 119 Å². The maximum Gasteiger partial charge on any atom is 0.411 e. The van der Waals surface area contributed by atoms with Gasteiger partial charge in [0.05, 0.1) is 0 Å². The van der Waals surface area contributed by atoms with Crippen LogP contribution in [0, 0.1) is 0 Å². The van der Waals surface area contributed by atoms with Crippen LogP contribution in [-0.2, 0) is 14.9 Å². The van der Waals surface area contributed by atoms with Gasteiger partial charge in [0.2, 0.25) is 5.91 Å². The molecule has 0 bridgehead atoms. The number of benzene rings is 4. The maximum absolute atomic E-state index is 13.1. The third kappa shape index (κ3) is 4.26. The minimum Gasteiger partial charge on any atom is -0.448 e. The standard InChI is InChI=1S/C35H34N2O3/c1-23(38)37-32-19-18-25(20-31(32)35(4,22-34(37,2)3)24-12-6-5-7-13-24)36-33(39)40-21-30-28-16-10-8-14-26(28)27-15-9-11-17-29(27)30/h5-20,30H,21-22H2,1-4H3,(H,36,39). The zero-order valence-corrected chi connectivity index (χ0v) is 23.4. The summed E-state index contributed by atoms with van der Waals surface area (Å²) in [4.78, 5) is 27.8. The van der Waals surface area contributed by atoms with Gasteiger partial charge < -0.3 is 9.64 Å². The predicted molar refractivity (Wildman–Crippen MR) is 160 cm³/mol. The van der Waals surface area contributed by atoms with Crippen molar-refractivity contribution in [3.8, 4) is 11.1 Å². The second-order valence-corrected chi connectivity index (χ2v) is 11.7. The van der Waals surface area contributed by atoms with Crippen LogP contribution in [0.4, 0.5) is 16.2 Å². The number of hydrogen-bond acceptors (Lipinski definition) is 3. The summed E-state index contributed by atoms with van der Waals surface area (Å²) in [6.45, 7) is 8.30. The highest BCUT2D eigenvalue weighted by Crippen LogP contribution is 2.51. The largest absolute Gasteiger partial charge is 0.448 e. The molecule has 5 nitrogen and oxygen atoms in total. The van der Waals surface area contributed by atoms with Gasteiger partial charge in [0.25, 0.3) is 0 Å². The number of ether oxygens (including phenoxy) is 1. The minimum absolute atomic E-state index is 0.00129. The van der Waals surface area contributed by atoms with E-state index in [0.717, 1.165) is 17.7 Å². The van der Waals surface area contributed by atoms with Crippen molar-refractivity contribution in [1.29, 1.82) is 0 Å². The van der Waals surface area contributed by atoms with Gasteiger partial charge in [-0.2, -0.15) is 0 Å². The molecule has 0 fully saturated rings. The van der Waals surface area contributed by atoms with Crippen molar-refractivity contribution in [2.75, 3.05) is 16.8 Å². The molecule has 4 aromatic carbocycles. The molecular formula is C35H34N2O3. The second-order valence-electron chi connectivity index (χ2n) is 11.7. The van der Waals surface area contributed by atoms with E-state index in [0.29, 0.717) is 5.69 Å². The fourth-order valence-electron chi connectivity index (χ4n) is 7.03. The number of hydrogen-bond donors (Lipinski definition) is 1. The average Bonchev–Trinajstić information content (AvgIpc) is 3.26. The first-order valence-electron chi connectivity index (χ1n) is 13.8. The van der Waals surface area contributed by atoms with Gasteiger partial charge in [-0.05, 0) is 71.8 Å². The summed E-state index contributed by atoms with van der Waals surface area (Å²) in [6.07, 6.45) is 0.244. The lowest BCUT2D eigenvalue weighted by atomic mass is 9.65. The van der Waals surface area contributed by atoms with Crippen molar-refractivity contribution >= 4 is 23.4 Å². The number of fused-ring (bicyclic) bond motifs is 4. The fraction of sp³-hybridized carbons (Fsp3) is 0.257. The van der Waals surface area contributed by atoms with E-state index in [-0.39, 0.29) is 29.4 Å². The molecule has 5 heteroatoms. The molecule has 2 aliphatic rings. The Morgan fingerprint density at radius 2 is 1.45 bits per heavy atom. The fourth-order valence-corrected chi connectivity index (χ4v) is 7.03. The molecule has 1 unspecified atom stereocenters. The molecule has 0 saturated carbocycles. The molecule has 6 rings (SSSR count). The lowest BCUT2D eigenvalue weighted by Crippen LogP contribution is -2.55. The van der Waals surface area contributed by atoms with E-state index in [2.05, 4.69) is 62.5 Å². The normalized spacial score (nSPS) is 18.9. The molecule has 1 atom stereocenters. The van der Waals surface area contributed by atoms with Crippen LogP contribution in [0.2, 0.25) is 0 Å². The Labute approximate surface area is 235 Å². The van der Waals surface area contributed by atoms with Gasteiger partial charge >= 0.3 is 6.09 Å². The molecule has 1 N–H and O–H groups in total. The number of carbonyl (C=O) groups excluding carboxylic acids is 2. The first kappa shape index (κ1) is 25.9. The quantitative estimate of drug-likeness (QED) is 0.292. The molecule has 0 radical (unpaired) electrons. The van der Waals surface area contributed by atoms with Gasteiger partial charge in [0, 0.05) is 35.2 Å². The number of anilines is 2. The molecule has 4 aromatic rings. The smallest absolute Gasteiger partial charge is 0.411 e. The van der Waals surface area contributed by atoms with Gasteiger partial charge in [0.15, 0.2) is 0 Å². The molecule has 1 aliphatic heterocycles. The zero-order chi connectivity index (χ0) is 28.1. The Hall–Kier alpha value is -4.38. The van der Waals surface area contributed by atoms with Crippen molar-refractivity contribution in [3.63, 3.8) is 0 Å². The van der Waals surface area contributed by atoms with Crippen LogP contribution in [0.3, 0.4) is 0 Å². The number of amides is 2. The molecule has 202 valence electrons. The van der Waals surface area contributed by atoms with Gasteiger partial charge in [-0.1, -0.05) is 85.8 Å². The molecule has 1 heterocycles. The summed E-state index contributed by atoms with van der Waals surface area (Å²) in [5, 5.41) is 2.95. The highest BCUT2D eigenvalue weighted by molar-refractivity contribution is 5.96.